The van der Waals surface area contributed by atoms with E-state index in [-0.39, 0.29) is 5.91 Å². The minimum absolute atomic E-state index is 0.0367. The van der Waals surface area contributed by atoms with Crippen LogP contribution < -0.4 is 5.32 Å². The Morgan fingerprint density at radius 1 is 1.73 bits per heavy atom. The van der Waals surface area contributed by atoms with Crippen LogP contribution in [0.3, 0.4) is 0 Å². The number of nitrogens with one attached hydrogen (secondary N) is 1. The monoisotopic (exact) mass is 150 g/mol. The number of carbonyl (C=O) groups excluding carboxylic acids is 1. The minimum atomic E-state index is -0.0367. The van der Waals surface area contributed by atoms with Gasteiger partial charge in [0.25, 0.3) is 0 Å². The van der Waals surface area contributed by atoms with Gasteiger partial charge in [-0.3, -0.25) is 4.79 Å². The first-order valence-electron chi connectivity index (χ1n) is 3.30. The third kappa shape index (κ3) is 1.37. The summed E-state index contributed by atoms with van der Waals surface area (Å²) in [6.07, 6.45) is 0.379. The van der Waals surface area contributed by atoms with E-state index in [2.05, 4.69) is 23.6 Å². The summed E-state index contributed by atoms with van der Waals surface area (Å²) < 4.78 is 0. The molecule has 3 nitrogen and oxygen atoms in total. The lowest BCUT2D eigenvalue weighted by Crippen LogP contribution is -2.13. The molecule has 0 saturated carbocycles. The summed E-state index contributed by atoms with van der Waals surface area (Å²) in [5, 5.41) is 2.59. The average molecular weight is 150 g/mol. The molecule has 58 valence electrons. The normalized spacial score (nSPS) is 16.6. The molecule has 1 rings (SSSR count). The molecule has 0 saturated heterocycles. The molecule has 11 heavy (non-hydrogen) atoms. The van der Waals surface area contributed by atoms with Gasteiger partial charge in [-0.05, 0) is 13.6 Å². The third-order valence-corrected chi connectivity index (χ3v) is 1.55. The summed E-state index contributed by atoms with van der Waals surface area (Å²) in [5.41, 5.74) is 1.73. The first-order chi connectivity index (χ1) is 5.15. The Morgan fingerprint density at radius 3 is 2.73 bits per heavy atom. The molecule has 1 heterocycles. The molecule has 0 spiro atoms. The lowest BCUT2D eigenvalue weighted by molar-refractivity contribution is -0.118. The van der Waals surface area contributed by atoms with Crippen LogP contribution in [0.15, 0.2) is 28.5 Å². The van der Waals surface area contributed by atoms with E-state index < -0.39 is 0 Å². The number of nitrogens with zero attached hydrogens (tertiary/aromatic N) is 1. The van der Waals surface area contributed by atoms with Crippen molar-refractivity contribution < 1.29 is 4.79 Å². The van der Waals surface area contributed by atoms with Crippen molar-refractivity contribution in [2.24, 2.45) is 4.99 Å². The lowest BCUT2D eigenvalue weighted by atomic mass is 10.1. The number of aliphatic imine (C=N–C) groups is 1. The fourth-order valence-corrected chi connectivity index (χ4v) is 0.984. The van der Waals surface area contributed by atoms with Gasteiger partial charge >= 0.3 is 0 Å². The van der Waals surface area contributed by atoms with Crippen LogP contribution in [-0.2, 0) is 4.79 Å². The van der Waals surface area contributed by atoms with E-state index in [1.165, 1.54) is 0 Å². The zero-order valence-corrected chi connectivity index (χ0v) is 6.48. The van der Waals surface area contributed by atoms with Crippen molar-refractivity contribution in [1.82, 2.24) is 5.32 Å². The van der Waals surface area contributed by atoms with Gasteiger partial charge in [0.15, 0.2) is 0 Å². The zero-order valence-electron chi connectivity index (χ0n) is 6.48. The smallest absolute Gasteiger partial charge is 0.230 e. The van der Waals surface area contributed by atoms with Crippen molar-refractivity contribution >= 4 is 12.6 Å². The van der Waals surface area contributed by atoms with E-state index in [1.807, 2.05) is 6.92 Å². The predicted molar refractivity (Wildman–Crippen MR) is 44.1 cm³/mol. The van der Waals surface area contributed by atoms with E-state index >= 15 is 0 Å². The van der Waals surface area contributed by atoms with Crippen molar-refractivity contribution in [2.45, 2.75) is 13.3 Å². The van der Waals surface area contributed by atoms with Gasteiger partial charge in [-0.1, -0.05) is 12.2 Å². The van der Waals surface area contributed by atoms with Gasteiger partial charge in [0.05, 0.1) is 6.42 Å². The number of rotatable bonds is 2. The van der Waals surface area contributed by atoms with Crippen LogP contribution >= 0.6 is 0 Å². The highest BCUT2D eigenvalue weighted by Gasteiger charge is 2.19. The summed E-state index contributed by atoms with van der Waals surface area (Å²) >= 11 is 0. The highest BCUT2D eigenvalue weighted by Crippen LogP contribution is 2.21. The standard InChI is InChI=1S/C8H10N2O/c1-5(2)6-4-7(11)10-8(6)9-3/h1,3-4H2,2H3,(H,10,11). The first kappa shape index (κ1) is 7.72. The van der Waals surface area contributed by atoms with Crippen LogP contribution in [0.1, 0.15) is 13.3 Å². The van der Waals surface area contributed by atoms with Crippen LogP contribution in [0.5, 0.6) is 0 Å². The van der Waals surface area contributed by atoms with Gasteiger partial charge < -0.3 is 5.32 Å². The van der Waals surface area contributed by atoms with Gasteiger partial charge in [0.2, 0.25) is 5.91 Å². The maximum Gasteiger partial charge on any atom is 0.230 e. The Morgan fingerprint density at radius 2 is 2.36 bits per heavy atom. The van der Waals surface area contributed by atoms with Crippen LogP contribution in [0.25, 0.3) is 0 Å². The van der Waals surface area contributed by atoms with Crippen molar-refractivity contribution in [3.05, 3.63) is 23.5 Å². The van der Waals surface area contributed by atoms with Gasteiger partial charge in [0.1, 0.15) is 5.82 Å². The highest BCUT2D eigenvalue weighted by molar-refractivity contribution is 5.85. The number of hydrogen-bond donors (Lipinski definition) is 1. The molecule has 0 aromatic rings. The third-order valence-electron chi connectivity index (χ3n) is 1.55. The molecule has 0 aromatic heterocycles. The fraction of sp³-hybridized carbons (Fsp3) is 0.250. The SMILES string of the molecule is C=NC1=C(C(=C)C)CC(=O)N1. The number of allylic oxidation sites excluding steroid dienone is 1. The van der Waals surface area contributed by atoms with E-state index in [9.17, 15) is 4.79 Å². The number of hydrogen-bond acceptors (Lipinski definition) is 2. The second-order valence-corrected chi connectivity index (χ2v) is 2.49. The maximum atomic E-state index is 10.8. The molecule has 3 heteroatoms. The Hall–Kier alpha value is -1.38. The van der Waals surface area contributed by atoms with E-state index in [0.29, 0.717) is 12.2 Å². The van der Waals surface area contributed by atoms with Gasteiger partial charge in [-0.25, -0.2) is 4.99 Å². The molecule has 0 bridgehead atoms. The highest BCUT2D eigenvalue weighted by atomic mass is 16.1. The summed E-state index contributed by atoms with van der Waals surface area (Å²) in [4.78, 5) is 14.5. The minimum Gasteiger partial charge on any atom is -0.310 e. The van der Waals surface area contributed by atoms with Crippen LogP contribution in [-0.4, -0.2) is 12.6 Å². The molecular formula is C8H10N2O. The van der Waals surface area contributed by atoms with Crippen LogP contribution in [0, 0.1) is 0 Å². The average Bonchev–Trinajstić information content (AvgIpc) is 2.30. The molecule has 0 fully saturated rings. The van der Waals surface area contributed by atoms with Crippen molar-refractivity contribution in [3.8, 4) is 0 Å². The van der Waals surface area contributed by atoms with E-state index in [1.54, 1.807) is 0 Å². The summed E-state index contributed by atoms with van der Waals surface area (Å²) in [6.45, 7) is 8.93. The molecule has 0 radical (unpaired) electrons. The molecule has 1 N–H and O–H groups in total. The Labute approximate surface area is 65.5 Å². The topological polar surface area (TPSA) is 41.5 Å². The summed E-state index contributed by atoms with van der Waals surface area (Å²) in [6, 6.07) is 0. The van der Waals surface area contributed by atoms with Crippen LogP contribution in [0.4, 0.5) is 0 Å². The van der Waals surface area contributed by atoms with Gasteiger partial charge in [-0.2, -0.15) is 0 Å². The van der Waals surface area contributed by atoms with Gasteiger partial charge in [-0.15, -0.1) is 0 Å². The summed E-state index contributed by atoms with van der Waals surface area (Å²) in [7, 11) is 0. The number of amides is 1. The van der Waals surface area contributed by atoms with Crippen LogP contribution in [0.2, 0.25) is 0 Å². The number of carbonyl (C=O) groups is 1. The Balaban J connectivity index is 2.96. The largest absolute Gasteiger partial charge is 0.310 e. The van der Waals surface area contributed by atoms with Crippen molar-refractivity contribution in [3.63, 3.8) is 0 Å². The van der Waals surface area contributed by atoms with E-state index in [4.69, 9.17) is 0 Å². The Kier molecular flexibility index (Phi) is 1.89. The predicted octanol–water partition coefficient (Wildman–Crippen LogP) is 0.995. The molecule has 0 aromatic carbocycles. The van der Waals surface area contributed by atoms with E-state index in [0.717, 1.165) is 11.1 Å². The second kappa shape index (κ2) is 2.70. The zero-order chi connectivity index (χ0) is 8.43. The molecule has 0 atom stereocenters. The first-order valence-corrected chi connectivity index (χ1v) is 3.30. The molecule has 1 amide bonds. The molecule has 0 unspecified atom stereocenters. The molecule has 1 aliphatic rings. The molecule has 1 aliphatic heterocycles. The maximum absolute atomic E-state index is 10.8. The molecular weight excluding hydrogens is 140 g/mol. The van der Waals surface area contributed by atoms with Gasteiger partial charge in [0, 0.05) is 5.57 Å². The van der Waals surface area contributed by atoms with Crippen molar-refractivity contribution in [1.29, 1.82) is 0 Å². The lowest BCUT2D eigenvalue weighted by Gasteiger charge is -1.97. The quantitative estimate of drug-likeness (QED) is 0.586. The van der Waals surface area contributed by atoms with Crippen molar-refractivity contribution in [2.75, 3.05) is 0 Å². The Bertz CT molecular complexity index is 263. The second-order valence-electron chi connectivity index (χ2n) is 2.49. The molecule has 0 aliphatic carbocycles. The summed E-state index contributed by atoms with van der Waals surface area (Å²) in [5.74, 6) is 0.521. The fourth-order valence-electron chi connectivity index (χ4n) is 0.984.